The van der Waals surface area contributed by atoms with Crippen molar-refractivity contribution in [1.29, 1.82) is 0 Å². The van der Waals surface area contributed by atoms with Crippen molar-refractivity contribution in [3.8, 4) is 0 Å². The van der Waals surface area contributed by atoms with Crippen LogP contribution >= 0.6 is 46.4 Å². The number of halogens is 4. The molecule has 0 aliphatic carbocycles. The van der Waals surface area contributed by atoms with E-state index in [2.05, 4.69) is 60.9 Å². The van der Waals surface area contributed by atoms with Crippen molar-refractivity contribution in [2.24, 2.45) is 0 Å². The highest BCUT2D eigenvalue weighted by molar-refractivity contribution is 6.31. The number of hydrogen-bond donors (Lipinski definition) is 1. The Morgan fingerprint density at radius 2 is 0.586 bits per heavy atom. The van der Waals surface area contributed by atoms with Crippen molar-refractivity contribution in [2.45, 2.75) is 239 Å². The number of unbranched alkanes of at least 4 members (excludes halogenated alkanes) is 31. The molecule has 2 aromatic rings. The molecule has 336 valence electrons. The maximum absolute atomic E-state index is 6.13. The van der Waals surface area contributed by atoms with Crippen LogP contribution in [0.3, 0.4) is 0 Å². The monoisotopic (exact) mass is 889 g/mol. The second-order valence-corrected chi connectivity index (χ2v) is 17.6. The summed E-state index contributed by atoms with van der Waals surface area (Å²) in [5.41, 5.74) is 0. The van der Waals surface area contributed by atoms with Crippen LogP contribution in [0.5, 0.6) is 0 Å². The summed E-state index contributed by atoms with van der Waals surface area (Å²) in [7, 11) is 0. The molecular weight excluding hydrogens is 806 g/mol. The molecule has 0 amide bonds. The molecule has 2 aromatic heterocycles. The molecule has 0 saturated carbocycles. The van der Waals surface area contributed by atoms with Crippen LogP contribution in [0, 0.1) is 0 Å². The van der Waals surface area contributed by atoms with Crippen LogP contribution in [-0.4, -0.2) is 49.5 Å². The van der Waals surface area contributed by atoms with Crippen molar-refractivity contribution < 1.29 is 0 Å². The molecule has 0 aliphatic rings. The first-order chi connectivity index (χ1) is 28.4. The molecule has 12 heteroatoms. The number of aromatic nitrogens is 6. The van der Waals surface area contributed by atoms with Crippen LogP contribution in [-0.2, 0) is 0 Å². The minimum Gasteiger partial charge on any atom is -0.354 e. The fourth-order valence-electron chi connectivity index (χ4n) is 7.25. The summed E-state index contributed by atoms with van der Waals surface area (Å²) in [4.78, 5) is 26.4. The molecule has 0 atom stereocenters. The van der Waals surface area contributed by atoms with Gasteiger partial charge in [-0.15, -0.1) is 0 Å². The van der Waals surface area contributed by atoms with Crippen molar-refractivity contribution >= 4 is 58.3 Å². The SMILES string of the molecule is CCCCCCCCCCCCCCCCCCN(CCCCCCCCCCCCCCCCCC)c1nc(Cl)nc(Cl)n1.CCCCNc1nc(Cl)nc(Cl)n1. The summed E-state index contributed by atoms with van der Waals surface area (Å²) >= 11 is 23.4. The molecule has 2 rings (SSSR count). The Labute approximate surface area is 376 Å². The molecular formula is C46H84Cl4N8. The number of nitrogens with zero attached hydrogens (tertiary/aromatic N) is 7. The first-order valence-electron chi connectivity index (χ1n) is 24.0. The summed E-state index contributed by atoms with van der Waals surface area (Å²) in [5.74, 6) is 1.07. The zero-order chi connectivity index (χ0) is 42.2. The van der Waals surface area contributed by atoms with E-state index in [0.717, 1.165) is 45.3 Å². The predicted octanol–water partition coefficient (Wildman–Crippen LogP) is 16.9. The lowest BCUT2D eigenvalue weighted by atomic mass is 10.0. The van der Waals surface area contributed by atoms with E-state index in [-0.39, 0.29) is 21.1 Å². The van der Waals surface area contributed by atoms with Gasteiger partial charge in [-0.1, -0.05) is 220 Å². The Kier molecular flexibility index (Phi) is 38.9. The van der Waals surface area contributed by atoms with E-state index >= 15 is 0 Å². The Bertz CT molecular complexity index is 1120. The van der Waals surface area contributed by atoms with Gasteiger partial charge in [-0.05, 0) is 65.7 Å². The molecule has 0 bridgehead atoms. The zero-order valence-electron chi connectivity index (χ0n) is 37.3. The fourth-order valence-corrected chi connectivity index (χ4v) is 7.97. The van der Waals surface area contributed by atoms with E-state index in [4.69, 9.17) is 46.4 Å². The molecule has 2 heterocycles. The van der Waals surface area contributed by atoms with E-state index in [0.29, 0.717) is 11.9 Å². The van der Waals surface area contributed by atoms with Gasteiger partial charge in [-0.3, -0.25) is 0 Å². The molecule has 0 aromatic carbocycles. The second kappa shape index (κ2) is 41.1. The van der Waals surface area contributed by atoms with Crippen LogP contribution < -0.4 is 10.2 Å². The van der Waals surface area contributed by atoms with Crippen LogP contribution in [0.25, 0.3) is 0 Å². The van der Waals surface area contributed by atoms with E-state index in [1.807, 2.05) is 0 Å². The largest absolute Gasteiger partial charge is 0.354 e. The Hall–Kier alpha value is -1.22. The van der Waals surface area contributed by atoms with Gasteiger partial charge >= 0.3 is 0 Å². The highest BCUT2D eigenvalue weighted by atomic mass is 35.5. The highest BCUT2D eigenvalue weighted by Gasteiger charge is 2.12. The maximum Gasteiger partial charge on any atom is 0.230 e. The second-order valence-electron chi connectivity index (χ2n) is 16.2. The van der Waals surface area contributed by atoms with Crippen LogP contribution in [0.15, 0.2) is 0 Å². The topological polar surface area (TPSA) is 92.6 Å². The minimum atomic E-state index is 0.110. The average Bonchev–Trinajstić information content (AvgIpc) is 3.19. The molecule has 0 radical (unpaired) electrons. The summed E-state index contributed by atoms with van der Waals surface area (Å²) in [6.45, 7) is 9.44. The van der Waals surface area contributed by atoms with Crippen molar-refractivity contribution in [3.05, 3.63) is 21.1 Å². The van der Waals surface area contributed by atoms with E-state index in [9.17, 15) is 0 Å². The third-order valence-electron chi connectivity index (χ3n) is 10.8. The summed E-state index contributed by atoms with van der Waals surface area (Å²) in [6.07, 6.45) is 46.5. The summed E-state index contributed by atoms with van der Waals surface area (Å²) < 4.78 is 0. The first kappa shape index (κ1) is 54.8. The lowest BCUT2D eigenvalue weighted by Gasteiger charge is -2.22. The van der Waals surface area contributed by atoms with Crippen LogP contribution in [0.4, 0.5) is 11.9 Å². The Morgan fingerprint density at radius 1 is 0.328 bits per heavy atom. The van der Waals surface area contributed by atoms with Gasteiger partial charge in [-0.2, -0.15) is 29.9 Å². The van der Waals surface area contributed by atoms with Gasteiger partial charge in [0.1, 0.15) is 0 Å². The molecule has 0 aliphatic heterocycles. The van der Waals surface area contributed by atoms with Gasteiger partial charge < -0.3 is 10.2 Å². The lowest BCUT2D eigenvalue weighted by Crippen LogP contribution is -2.28. The van der Waals surface area contributed by atoms with Gasteiger partial charge in [-0.25, -0.2) is 0 Å². The Morgan fingerprint density at radius 3 is 0.879 bits per heavy atom. The number of anilines is 2. The van der Waals surface area contributed by atoms with Gasteiger partial charge in [0.2, 0.25) is 33.0 Å². The molecule has 0 spiro atoms. The van der Waals surface area contributed by atoms with E-state index in [1.165, 1.54) is 193 Å². The molecule has 58 heavy (non-hydrogen) atoms. The zero-order valence-corrected chi connectivity index (χ0v) is 40.3. The van der Waals surface area contributed by atoms with Crippen molar-refractivity contribution in [3.63, 3.8) is 0 Å². The normalized spacial score (nSPS) is 11.2. The molecule has 0 fully saturated rings. The van der Waals surface area contributed by atoms with Gasteiger partial charge in [0.05, 0.1) is 0 Å². The summed E-state index contributed by atoms with van der Waals surface area (Å²) in [6, 6.07) is 0. The Balaban J connectivity index is 0.00000109. The highest BCUT2D eigenvalue weighted by Crippen LogP contribution is 2.19. The lowest BCUT2D eigenvalue weighted by molar-refractivity contribution is 0.523. The van der Waals surface area contributed by atoms with Gasteiger partial charge in [0.15, 0.2) is 0 Å². The average molecular weight is 891 g/mol. The smallest absolute Gasteiger partial charge is 0.230 e. The third-order valence-corrected chi connectivity index (χ3v) is 11.5. The predicted molar refractivity (Wildman–Crippen MR) is 254 cm³/mol. The first-order valence-corrected chi connectivity index (χ1v) is 25.5. The van der Waals surface area contributed by atoms with Crippen LogP contribution in [0.1, 0.15) is 239 Å². The minimum absolute atomic E-state index is 0.110. The standard InChI is InChI=1S/C39H74Cl2N4.C7H10Cl2N4/c1-3-5-7-9-11-13-15-17-19-21-23-25-27-29-31-33-35-45(39-43-37(40)42-38(41)44-39)36-34-32-30-28-26-24-22-20-18-16-14-12-10-8-6-4-2;1-2-3-4-10-7-12-5(8)11-6(9)13-7/h3-36H2,1-2H3;2-4H2,1H3,(H,10,11,12,13). The molecule has 0 unspecified atom stereocenters. The molecule has 8 nitrogen and oxygen atoms in total. The number of rotatable bonds is 39. The van der Waals surface area contributed by atoms with E-state index < -0.39 is 0 Å². The van der Waals surface area contributed by atoms with Gasteiger partial charge in [0.25, 0.3) is 0 Å². The number of nitrogens with one attached hydrogen (secondary N) is 1. The van der Waals surface area contributed by atoms with Crippen molar-refractivity contribution in [2.75, 3.05) is 29.9 Å². The molecule has 1 N–H and O–H groups in total. The van der Waals surface area contributed by atoms with Crippen LogP contribution in [0.2, 0.25) is 21.1 Å². The van der Waals surface area contributed by atoms with Gasteiger partial charge in [0, 0.05) is 19.6 Å². The third kappa shape index (κ3) is 34.5. The summed E-state index contributed by atoms with van der Waals surface area (Å²) in [5, 5.41) is 3.59. The maximum atomic E-state index is 6.13. The van der Waals surface area contributed by atoms with Crippen molar-refractivity contribution in [1.82, 2.24) is 29.9 Å². The molecule has 0 saturated heterocycles. The van der Waals surface area contributed by atoms with E-state index in [1.54, 1.807) is 0 Å². The quantitative estimate of drug-likeness (QED) is 0.0664. The fraction of sp³-hybridized carbons (Fsp3) is 0.870. The number of hydrogen-bond acceptors (Lipinski definition) is 8.